The van der Waals surface area contributed by atoms with Gasteiger partial charge in [-0.25, -0.2) is 4.68 Å². The molecule has 0 saturated carbocycles. The Labute approximate surface area is 93.0 Å². The summed E-state index contributed by atoms with van der Waals surface area (Å²) in [4.78, 5) is 0. The fraction of sp³-hybridized carbons (Fsp3) is 0.444. The van der Waals surface area contributed by atoms with E-state index in [9.17, 15) is 0 Å². The van der Waals surface area contributed by atoms with E-state index in [1.54, 1.807) is 9.36 Å². The first-order valence-corrected chi connectivity index (χ1v) is 5.05. The van der Waals surface area contributed by atoms with E-state index in [1.165, 1.54) is 0 Å². The van der Waals surface area contributed by atoms with Crippen molar-refractivity contribution in [3.63, 3.8) is 0 Å². The molecule has 2 aromatic heterocycles. The summed E-state index contributed by atoms with van der Waals surface area (Å²) in [5.41, 5.74) is 0.970. The van der Waals surface area contributed by atoms with Crippen LogP contribution in [-0.4, -0.2) is 24.1 Å². The third-order valence-corrected chi connectivity index (χ3v) is 2.74. The standard InChI is InChI=1S/C9H13N5S/c1-6-5-8(12(3)10-6)14-7(2)11-13(4)9(14)15/h5H,1-4H3. The third kappa shape index (κ3) is 1.50. The summed E-state index contributed by atoms with van der Waals surface area (Å²) in [5, 5.41) is 8.56. The van der Waals surface area contributed by atoms with Crippen molar-refractivity contribution in [2.45, 2.75) is 13.8 Å². The first kappa shape index (κ1) is 10.1. The van der Waals surface area contributed by atoms with E-state index in [2.05, 4.69) is 10.2 Å². The molecule has 0 fully saturated rings. The van der Waals surface area contributed by atoms with E-state index >= 15 is 0 Å². The molecule has 2 aromatic rings. The van der Waals surface area contributed by atoms with Crippen LogP contribution in [0.5, 0.6) is 0 Å². The van der Waals surface area contributed by atoms with Crippen LogP contribution in [0.15, 0.2) is 6.07 Å². The summed E-state index contributed by atoms with van der Waals surface area (Å²) in [5.74, 6) is 1.81. The molecule has 15 heavy (non-hydrogen) atoms. The zero-order valence-corrected chi connectivity index (χ0v) is 10.0. The highest BCUT2D eigenvalue weighted by Crippen LogP contribution is 2.12. The van der Waals surface area contributed by atoms with Crippen molar-refractivity contribution >= 4 is 12.2 Å². The van der Waals surface area contributed by atoms with Gasteiger partial charge in [-0.3, -0.25) is 9.25 Å². The summed E-state index contributed by atoms with van der Waals surface area (Å²) in [6.07, 6.45) is 0. The Morgan fingerprint density at radius 1 is 1.13 bits per heavy atom. The summed E-state index contributed by atoms with van der Waals surface area (Å²) in [6, 6.07) is 1.99. The highest BCUT2D eigenvalue weighted by atomic mass is 32.1. The van der Waals surface area contributed by atoms with Gasteiger partial charge in [0.25, 0.3) is 0 Å². The minimum absolute atomic E-state index is 0.676. The summed E-state index contributed by atoms with van der Waals surface area (Å²) < 4.78 is 6.08. The first-order valence-electron chi connectivity index (χ1n) is 4.64. The van der Waals surface area contributed by atoms with Crippen molar-refractivity contribution in [2.24, 2.45) is 14.1 Å². The van der Waals surface area contributed by atoms with Crippen LogP contribution in [0.2, 0.25) is 0 Å². The van der Waals surface area contributed by atoms with Gasteiger partial charge in [-0.15, -0.1) is 0 Å². The van der Waals surface area contributed by atoms with Gasteiger partial charge in [0.2, 0.25) is 4.77 Å². The Kier molecular flexibility index (Phi) is 2.22. The van der Waals surface area contributed by atoms with Gasteiger partial charge in [0, 0.05) is 20.2 Å². The van der Waals surface area contributed by atoms with Crippen LogP contribution >= 0.6 is 12.2 Å². The zero-order chi connectivity index (χ0) is 11.2. The fourth-order valence-corrected chi connectivity index (χ4v) is 1.92. The predicted molar refractivity (Wildman–Crippen MR) is 59.6 cm³/mol. The number of rotatable bonds is 1. The van der Waals surface area contributed by atoms with Crippen LogP contribution in [0.4, 0.5) is 0 Å². The maximum absolute atomic E-state index is 5.29. The highest BCUT2D eigenvalue weighted by Gasteiger charge is 2.10. The van der Waals surface area contributed by atoms with E-state index in [1.807, 2.05) is 38.6 Å². The van der Waals surface area contributed by atoms with Crippen LogP contribution < -0.4 is 0 Å². The molecule has 0 aliphatic carbocycles. The third-order valence-electron chi connectivity index (χ3n) is 2.29. The van der Waals surface area contributed by atoms with Gasteiger partial charge in [0.1, 0.15) is 11.6 Å². The lowest BCUT2D eigenvalue weighted by atomic mass is 10.4. The topological polar surface area (TPSA) is 40.6 Å². The molecule has 0 bridgehead atoms. The molecular formula is C9H13N5S. The predicted octanol–water partition coefficient (Wildman–Crippen LogP) is 1.29. The van der Waals surface area contributed by atoms with Crippen molar-refractivity contribution < 1.29 is 0 Å². The maximum atomic E-state index is 5.29. The number of aryl methyl sites for hydroxylation is 4. The van der Waals surface area contributed by atoms with E-state index < -0.39 is 0 Å². The number of nitrogens with zero attached hydrogens (tertiary/aromatic N) is 5. The summed E-state index contributed by atoms with van der Waals surface area (Å²) in [7, 11) is 3.74. The smallest absolute Gasteiger partial charge is 0.203 e. The molecule has 0 aliphatic rings. The second-order valence-corrected chi connectivity index (χ2v) is 3.92. The van der Waals surface area contributed by atoms with Crippen molar-refractivity contribution in [3.8, 4) is 5.82 Å². The second-order valence-electron chi connectivity index (χ2n) is 3.56. The Morgan fingerprint density at radius 2 is 1.80 bits per heavy atom. The van der Waals surface area contributed by atoms with Crippen LogP contribution in [0.3, 0.4) is 0 Å². The molecule has 0 aromatic carbocycles. The van der Waals surface area contributed by atoms with Crippen LogP contribution in [0.1, 0.15) is 11.5 Å². The molecule has 2 heterocycles. The van der Waals surface area contributed by atoms with Gasteiger partial charge >= 0.3 is 0 Å². The Balaban J connectivity index is 2.74. The van der Waals surface area contributed by atoms with Gasteiger partial charge in [-0.05, 0) is 26.1 Å². The lowest BCUT2D eigenvalue weighted by Crippen LogP contribution is -2.05. The van der Waals surface area contributed by atoms with Gasteiger partial charge < -0.3 is 0 Å². The minimum atomic E-state index is 0.676. The monoisotopic (exact) mass is 223 g/mol. The lowest BCUT2D eigenvalue weighted by molar-refractivity contribution is 0.707. The molecule has 0 aliphatic heterocycles. The van der Waals surface area contributed by atoms with Gasteiger partial charge in [-0.2, -0.15) is 10.2 Å². The average molecular weight is 223 g/mol. The van der Waals surface area contributed by atoms with E-state index in [4.69, 9.17) is 12.2 Å². The van der Waals surface area contributed by atoms with E-state index in [-0.39, 0.29) is 0 Å². The lowest BCUT2D eigenvalue weighted by Gasteiger charge is -2.02. The Hall–Kier alpha value is -1.43. The fourth-order valence-electron chi connectivity index (χ4n) is 1.66. The van der Waals surface area contributed by atoms with Gasteiger partial charge in [-0.1, -0.05) is 0 Å². The Bertz CT molecular complexity index is 560. The molecule has 0 N–H and O–H groups in total. The number of hydrogen-bond acceptors (Lipinski definition) is 3. The minimum Gasteiger partial charge on any atom is -0.256 e. The van der Waals surface area contributed by atoms with Crippen molar-refractivity contribution in [2.75, 3.05) is 0 Å². The van der Waals surface area contributed by atoms with Crippen molar-refractivity contribution in [1.82, 2.24) is 24.1 Å². The van der Waals surface area contributed by atoms with Gasteiger partial charge in [0.15, 0.2) is 0 Å². The molecule has 0 saturated heterocycles. The normalized spacial score (nSPS) is 10.9. The SMILES string of the molecule is Cc1cc(-n2c(C)nn(C)c2=S)n(C)n1. The average Bonchev–Trinajstić information content (AvgIpc) is 2.56. The molecule has 2 rings (SSSR count). The number of aromatic nitrogens is 5. The molecule has 6 heteroatoms. The summed E-state index contributed by atoms with van der Waals surface area (Å²) >= 11 is 5.29. The van der Waals surface area contributed by atoms with Crippen molar-refractivity contribution in [1.29, 1.82) is 0 Å². The molecular weight excluding hydrogens is 210 g/mol. The van der Waals surface area contributed by atoms with Crippen LogP contribution in [0.25, 0.3) is 5.82 Å². The highest BCUT2D eigenvalue weighted by molar-refractivity contribution is 7.71. The van der Waals surface area contributed by atoms with E-state index in [0.717, 1.165) is 17.3 Å². The second kappa shape index (κ2) is 3.30. The maximum Gasteiger partial charge on any atom is 0.203 e. The van der Waals surface area contributed by atoms with Crippen LogP contribution in [0, 0.1) is 18.6 Å². The molecule has 80 valence electrons. The molecule has 0 atom stereocenters. The molecule has 0 amide bonds. The first-order chi connectivity index (χ1) is 7.00. The quantitative estimate of drug-likeness (QED) is 0.684. The summed E-state index contributed by atoms with van der Waals surface area (Å²) in [6.45, 7) is 3.89. The number of hydrogen-bond donors (Lipinski definition) is 0. The Morgan fingerprint density at radius 3 is 2.20 bits per heavy atom. The van der Waals surface area contributed by atoms with Gasteiger partial charge in [0.05, 0.1) is 5.69 Å². The van der Waals surface area contributed by atoms with E-state index in [0.29, 0.717) is 4.77 Å². The van der Waals surface area contributed by atoms with Crippen LogP contribution in [-0.2, 0) is 14.1 Å². The molecule has 0 radical (unpaired) electrons. The zero-order valence-electron chi connectivity index (χ0n) is 9.22. The molecule has 0 spiro atoms. The molecule has 0 unspecified atom stereocenters. The van der Waals surface area contributed by atoms with Crippen molar-refractivity contribution in [3.05, 3.63) is 22.4 Å². The largest absolute Gasteiger partial charge is 0.256 e. The molecule has 5 nitrogen and oxygen atoms in total.